The molecule has 0 aliphatic carbocycles. The van der Waals surface area contributed by atoms with E-state index < -0.39 is 41.5 Å². The Labute approximate surface area is 145 Å². The third-order valence-electron chi connectivity index (χ3n) is 4.47. The molecule has 26 heavy (non-hydrogen) atoms. The number of halogens is 1. The maximum atomic E-state index is 14.4. The zero-order chi connectivity index (χ0) is 18.9. The van der Waals surface area contributed by atoms with E-state index in [1.807, 2.05) is 6.07 Å². The van der Waals surface area contributed by atoms with Crippen LogP contribution in [0.5, 0.6) is 0 Å². The van der Waals surface area contributed by atoms with Crippen molar-refractivity contribution < 1.29 is 28.5 Å². The summed E-state index contributed by atoms with van der Waals surface area (Å²) in [6.07, 6.45) is -2.56. The summed E-state index contributed by atoms with van der Waals surface area (Å²) >= 11 is 0. The number of nitriles is 1. The van der Waals surface area contributed by atoms with E-state index in [0.717, 1.165) is 16.9 Å². The SMILES string of the molecule is CC1(C)O[C@@H]2[C@@H](C(=O)O)O[C@@](C#N)(c3cc(F)c4c(N)ncnn34)[C@@H]2O1. The molecule has 2 aromatic rings. The number of fused-ring (bicyclic) bond motifs is 2. The van der Waals surface area contributed by atoms with Gasteiger partial charge in [-0.15, -0.1) is 0 Å². The first kappa shape index (κ1) is 16.6. The third kappa shape index (κ3) is 2.03. The predicted octanol–water partition coefficient (Wildman–Crippen LogP) is 0.173. The molecule has 0 spiro atoms. The molecule has 0 aromatic carbocycles. The molecule has 4 rings (SSSR count). The number of hydrogen-bond donors (Lipinski definition) is 2. The summed E-state index contributed by atoms with van der Waals surface area (Å²) in [6, 6.07) is 2.95. The predicted molar refractivity (Wildman–Crippen MR) is 81.0 cm³/mol. The van der Waals surface area contributed by atoms with Crippen molar-refractivity contribution in [2.75, 3.05) is 5.73 Å². The normalized spacial score (nSPS) is 32.5. The number of rotatable bonds is 2. The molecular weight excluding hydrogens is 349 g/mol. The van der Waals surface area contributed by atoms with E-state index in [-0.39, 0.29) is 17.0 Å². The fourth-order valence-electron chi connectivity index (χ4n) is 3.49. The van der Waals surface area contributed by atoms with Crippen LogP contribution >= 0.6 is 0 Å². The van der Waals surface area contributed by atoms with E-state index in [4.69, 9.17) is 19.9 Å². The van der Waals surface area contributed by atoms with Crippen molar-refractivity contribution in [3.05, 3.63) is 23.9 Å². The van der Waals surface area contributed by atoms with Gasteiger partial charge in [0.2, 0.25) is 5.60 Å². The van der Waals surface area contributed by atoms with Crippen molar-refractivity contribution in [2.45, 2.75) is 43.5 Å². The molecule has 4 atom stereocenters. The molecule has 2 aliphatic rings. The quantitative estimate of drug-likeness (QED) is 0.762. The monoisotopic (exact) mass is 363 g/mol. The Morgan fingerprint density at radius 1 is 1.46 bits per heavy atom. The van der Waals surface area contributed by atoms with Gasteiger partial charge in [0.05, 0.1) is 5.69 Å². The van der Waals surface area contributed by atoms with Crippen molar-refractivity contribution in [3.63, 3.8) is 0 Å². The van der Waals surface area contributed by atoms with Crippen LogP contribution in [0.2, 0.25) is 0 Å². The van der Waals surface area contributed by atoms with Crippen molar-refractivity contribution in [1.82, 2.24) is 14.6 Å². The Balaban J connectivity index is 1.96. The zero-order valence-corrected chi connectivity index (χ0v) is 13.7. The van der Waals surface area contributed by atoms with Gasteiger partial charge in [-0.1, -0.05) is 0 Å². The number of carboxylic acid groups (broad SMARTS) is 1. The van der Waals surface area contributed by atoms with Crippen LogP contribution in [-0.2, 0) is 24.6 Å². The second-order valence-electron chi connectivity index (χ2n) is 6.53. The molecule has 10 nitrogen and oxygen atoms in total. The van der Waals surface area contributed by atoms with Crippen molar-refractivity contribution in [1.29, 1.82) is 5.26 Å². The molecule has 2 aromatic heterocycles. The summed E-state index contributed by atoms with van der Waals surface area (Å²) in [4.78, 5) is 15.3. The number of ether oxygens (including phenoxy) is 3. The highest BCUT2D eigenvalue weighted by molar-refractivity contribution is 5.74. The van der Waals surface area contributed by atoms with E-state index in [2.05, 4.69) is 10.1 Å². The van der Waals surface area contributed by atoms with Crippen LogP contribution in [0.3, 0.4) is 0 Å². The van der Waals surface area contributed by atoms with E-state index in [9.17, 15) is 19.6 Å². The van der Waals surface area contributed by atoms with Crippen molar-refractivity contribution >= 4 is 17.3 Å². The van der Waals surface area contributed by atoms with E-state index in [1.54, 1.807) is 13.8 Å². The summed E-state index contributed by atoms with van der Waals surface area (Å²) in [5.41, 5.74) is 3.53. The minimum absolute atomic E-state index is 0.0540. The van der Waals surface area contributed by atoms with Gasteiger partial charge in [-0.2, -0.15) is 10.4 Å². The lowest BCUT2D eigenvalue weighted by Crippen LogP contribution is -2.40. The standard InChI is InChI=1S/C15H14FN5O5/c1-14(2)24-9-10(13(22)23)25-15(4-17,11(9)26-14)7-3-6(16)8-12(18)19-5-20-21(7)8/h3,5,9-11H,1-2H3,(H,22,23)(H2,18,19,20)/t9-,10+,11-,15+/m1/s1. The second-order valence-corrected chi connectivity index (χ2v) is 6.53. The van der Waals surface area contributed by atoms with Gasteiger partial charge < -0.3 is 25.1 Å². The van der Waals surface area contributed by atoms with Crippen LogP contribution in [0.15, 0.2) is 12.4 Å². The lowest BCUT2D eigenvalue weighted by Gasteiger charge is -2.28. The smallest absolute Gasteiger partial charge is 0.335 e. The molecule has 2 aliphatic heterocycles. The Bertz CT molecular complexity index is 969. The lowest BCUT2D eigenvalue weighted by atomic mass is 9.92. The Morgan fingerprint density at radius 3 is 2.85 bits per heavy atom. The molecule has 11 heteroatoms. The number of carboxylic acids is 1. The zero-order valence-electron chi connectivity index (χ0n) is 13.7. The third-order valence-corrected chi connectivity index (χ3v) is 4.47. The Morgan fingerprint density at radius 2 is 2.19 bits per heavy atom. The summed E-state index contributed by atoms with van der Waals surface area (Å²) in [5.74, 6) is -3.38. The first-order valence-corrected chi connectivity index (χ1v) is 7.66. The van der Waals surface area contributed by atoms with Crippen LogP contribution in [-0.4, -0.2) is 49.8 Å². The molecule has 0 unspecified atom stereocenters. The van der Waals surface area contributed by atoms with E-state index in [0.29, 0.717) is 0 Å². The van der Waals surface area contributed by atoms with Gasteiger partial charge in [0, 0.05) is 6.07 Å². The highest BCUT2D eigenvalue weighted by Gasteiger charge is 2.67. The van der Waals surface area contributed by atoms with Gasteiger partial charge in [-0.25, -0.2) is 18.7 Å². The van der Waals surface area contributed by atoms with Crippen LogP contribution < -0.4 is 5.73 Å². The largest absolute Gasteiger partial charge is 0.479 e. The van der Waals surface area contributed by atoms with Gasteiger partial charge in [0.1, 0.15) is 30.1 Å². The summed E-state index contributed by atoms with van der Waals surface area (Å²) in [5, 5.41) is 23.3. The average molecular weight is 363 g/mol. The minimum Gasteiger partial charge on any atom is -0.479 e. The number of hydrogen-bond acceptors (Lipinski definition) is 8. The number of carbonyl (C=O) groups is 1. The van der Waals surface area contributed by atoms with Crippen LogP contribution in [0.25, 0.3) is 5.52 Å². The average Bonchev–Trinajstić information content (AvgIpc) is 3.16. The summed E-state index contributed by atoms with van der Waals surface area (Å²) in [7, 11) is 0. The molecular formula is C15H14FN5O5. The number of aromatic nitrogens is 3. The molecule has 3 N–H and O–H groups in total. The first-order valence-electron chi connectivity index (χ1n) is 7.66. The van der Waals surface area contributed by atoms with Crippen LogP contribution in [0.4, 0.5) is 10.2 Å². The maximum absolute atomic E-state index is 14.4. The molecule has 136 valence electrons. The second kappa shape index (κ2) is 5.10. The highest BCUT2D eigenvalue weighted by atomic mass is 19.1. The number of anilines is 1. The molecule has 4 heterocycles. The molecule has 0 amide bonds. The minimum atomic E-state index is -1.96. The topological polar surface area (TPSA) is 145 Å². The number of nitrogens with two attached hydrogens (primary N) is 1. The number of nitrogen functional groups attached to an aromatic ring is 1. The molecule has 0 radical (unpaired) electrons. The van der Waals surface area contributed by atoms with E-state index in [1.165, 1.54) is 0 Å². The molecule has 0 saturated carbocycles. The fraction of sp³-hybridized carbons (Fsp3) is 0.467. The molecule has 0 bridgehead atoms. The van der Waals surface area contributed by atoms with Crippen LogP contribution in [0.1, 0.15) is 19.5 Å². The number of nitrogens with zero attached hydrogens (tertiary/aromatic N) is 4. The Hall–Kier alpha value is -2.81. The van der Waals surface area contributed by atoms with Gasteiger partial charge >= 0.3 is 5.97 Å². The van der Waals surface area contributed by atoms with Gasteiger partial charge in [0.15, 0.2) is 23.5 Å². The van der Waals surface area contributed by atoms with Crippen molar-refractivity contribution in [2.24, 2.45) is 0 Å². The van der Waals surface area contributed by atoms with Gasteiger partial charge in [0.25, 0.3) is 0 Å². The molecule has 2 saturated heterocycles. The lowest BCUT2D eigenvalue weighted by molar-refractivity contribution is -0.206. The maximum Gasteiger partial charge on any atom is 0.335 e. The first-order chi connectivity index (χ1) is 12.2. The summed E-state index contributed by atoms with van der Waals surface area (Å²) in [6.45, 7) is 3.17. The Kier molecular flexibility index (Phi) is 3.27. The van der Waals surface area contributed by atoms with Gasteiger partial charge in [-0.05, 0) is 13.8 Å². The fourth-order valence-corrected chi connectivity index (χ4v) is 3.49. The summed E-state index contributed by atoms with van der Waals surface area (Å²) < 4.78 is 32.5. The molecule has 2 fully saturated rings. The number of aliphatic carboxylic acids is 1. The van der Waals surface area contributed by atoms with Gasteiger partial charge in [-0.3, -0.25) is 0 Å². The van der Waals surface area contributed by atoms with E-state index >= 15 is 0 Å². The van der Waals surface area contributed by atoms with Crippen LogP contribution in [0, 0.1) is 17.1 Å². The highest BCUT2D eigenvalue weighted by Crippen LogP contribution is 2.49. The van der Waals surface area contributed by atoms with Crippen molar-refractivity contribution in [3.8, 4) is 6.07 Å².